The molecular weight excluding hydrogens is 432 g/mol. The third-order valence-electron chi connectivity index (χ3n) is 6.20. The van der Waals surface area contributed by atoms with E-state index in [1.54, 1.807) is 30.3 Å². The molecule has 2 N–H and O–H groups in total. The van der Waals surface area contributed by atoms with E-state index in [1.165, 1.54) is 0 Å². The number of nitrogens with zero attached hydrogens (tertiary/aromatic N) is 1. The molecule has 1 aromatic heterocycles. The molecule has 2 aromatic carbocycles. The van der Waals surface area contributed by atoms with Crippen molar-refractivity contribution >= 4 is 28.6 Å². The summed E-state index contributed by atoms with van der Waals surface area (Å²) in [7, 11) is 0. The number of carbonyl (C=O) groups excluding carboxylic acids is 2. The molecule has 1 aliphatic carbocycles. The van der Waals surface area contributed by atoms with E-state index in [0.29, 0.717) is 49.2 Å². The quantitative estimate of drug-likeness (QED) is 0.356. The van der Waals surface area contributed by atoms with E-state index in [0.717, 1.165) is 23.7 Å². The molecule has 0 unspecified atom stereocenters. The van der Waals surface area contributed by atoms with Crippen molar-refractivity contribution in [2.75, 3.05) is 6.54 Å². The summed E-state index contributed by atoms with van der Waals surface area (Å²) < 4.78 is 5.95. The van der Waals surface area contributed by atoms with Crippen LogP contribution in [0, 0.1) is 5.92 Å². The van der Waals surface area contributed by atoms with Crippen molar-refractivity contribution in [2.45, 2.75) is 44.6 Å². The number of amides is 1. The van der Waals surface area contributed by atoms with Crippen LogP contribution < -0.4 is 10.1 Å². The molecule has 0 bridgehead atoms. The van der Waals surface area contributed by atoms with Crippen molar-refractivity contribution in [3.05, 3.63) is 71.9 Å². The molecule has 1 saturated carbocycles. The van der Waals surface area contributed by atoms with E-state index < -0.39 is 5.97 Å². The second kappa shape index (κ2) is 10.9. The van der Waals surface area contributed by atoms with Gasteiger partial charge in [0.05, 0.1) is 17.5 Å². The van der Waals surface area contributed by atoms with E-state index in [1.807, 2.05) is 30.3 Å². The summed E-state index contributed by atoms with van der Waals surface area (Å²) in [6.45, 7) is 0.388. The molecule has 1 heterocycles. The van der Waals surface area contributed by atoms with Crippen LogP contribution in [-0.4, -0.2) is 40.4 Å². The molecule has 1 amide bonds. The first-order valence-corrected chi connectivity index (χ1v) is 11.7. The maximum absolute atomic E-state index is 12.5. The van der Waals surface area contributed by atoms with Gasteiger partial charge in [-0.3, -0.25) is 14.4 Å². The third-order valence-corrected chi connectivity index (χ3v) is 6.20. The van der Waals surface area contributed by atoms with Crippen molar-refractivity contribution in [1.82, 2.24) is 10.3 Å². The number of pyridine rings is 1. The van der Waals surface area contributed by atoms with E-state index in [9.17, 15) is 14.4 Å². The molecule has 0 atom stereocenters. The van der Waals surface area contributed by atoms with Gasteiger partial charge in [0, 0.05) is 23.9 Å². The highest BCUT2D eigenvalue weighted by atomic mass is 16.5. The van der Waals surface area contributed by atoms with Crippen molar-refractivity contribution in [2.24, 2.45) is 5.92 Å². The second-order valence-corrected chi connectivity index (χ2v) is 8.63. The number of aliphatic carboxylic acids is 1. The summed E-state index contributed by atoms with van der Waals surface area (Å²) in [5.74, 6) is -0.561. The molecule has 7 heteroatoms. The Hall–Kier alpha value is -3.74. The highest BCUT2D eigenvalue weighted by molar-refractivity contribution is 5.96. The SMILES string of the molecule is O=C(CCCNC(=O)c1ccc2ccccc2n1)c1ccc(OC2CCC(C(=O)O)CC2)cc1. The molecule has 0 saturated heterocycles. The number of aromatic nitrogens is 1. The highest BCUT2D eigenvalue weighted by Gasteiger charge is 2.26. The van der Waals surface area contributed by atoms with Crippen molar-refractivity contribution < 1.29 is 24.2 Å². The van der Waals surface area contributed by atoms with Gasteiger partial charge in [-0.05, 0) is 68.5 Å². The molecule has 7 nitrogen and oxygen atoms in total. The van der Waals surface area contributed by atoms with Crippen LogP contribution in [0.1, 0.15) is 59.4 Å². The number of hydrogen-bond donors (Lipinski definition) is 2. The standard InChI is InChI=1S/C27H28N2O5/c30-25(6-3-17-28-26(31)24-16-11-18-4-1-2-5-23(18)29-24)19-7-12-21(13-8-19)34-22-14-9-20(10-15-22)27(32)33/h1-2,4-5,7-8,11-13,16,20,22H,3,6,9-10,14-15,17H2,(H,28,31)(H,32,33). The lowest BCUT2D eigenvalue weighted by Crippen LogP contribution is -2.27. The molecule has 0 spiro atoms. The van der Waals surface area contributed by atoms with Crippen LogP contribution in [0.25, 0.3) is 10.9 Å². The molecule has 0 radical (unpaired) electrons. The molecule has 1 fully saturated rings. The van der Waals surface area contributed by atoms with Crippen LogP contribution in [0.15, 0.2) is 60.7 Å². The Balaban J connectivity index is 1.19. The number of carboxylic acids is 1. The monoisotopic (exact) mass is 460 g/mol. The normalized spacial score (nSPS) is 17.8. The smallest absolute Gasteiger partial charge is 0.306 e. The topological polar surface area (TPSA) is 106 Å². The number of carboxylic acid groups (broad SMARTS) is 1. The molecule has 176 valence electrons. The number of fused-ring (bicyclic) bond motifs is 1. The third kappa shape index (κ3) is 5.98. The first-order valence-electron chi connectivity index (χ1n) is 11.7. The van der Waals surface area contributed by atoms with E-state index in [4.69, 9.17) is 9.84 Å². The van der Waals surface area contributed by atoms with Gasteiger partial charge >= 0.3 is 5.97 Å². The van der Waals surface area contributed by atoms with Crippen LogP contribution in [0.2, 0.25) is 0 Å². The lowest BCUT2D eigenvalue weighted by Gasteiger charge is -2.26. The number of ether oxygens (including phenoxy) is 1. The number of carbonyl (C=O) groups is 3. The fraction of sp³-hybridized carbons (Fsp3) is 0.333. The molecule has 1 aliphatic rings. The zero-order valence-electron chi connectivity index (χ0n) is 18.9. The lowest BCUT2D eigenvalue weighted by atomic mass is 9.87. The number of nitrogens with one attached hydrogen (secondary N) is 1. The lowest BCUT2D eigenvalue weighted by molar-refractivity contribution is -0.143. The summed E-state index contributed by atoms with van der Waals surface area (Å²) in [6.07, 6.45) is 3.57. The Morgan fingerprint density at radius 2 is 1.68 bits per heavy atom. The zero-order valence-corrected chi connectivity index (χ0v) is 18.9. The maximum Gasteiger partial charge on any atom is 0.306 e. The zero-order chi connectivity index (χ0) is 23.9. The van der Waals surface area contributed by atoms with Crippen molar-refractivity contribution in [1.29, 1.82) is 0 Å². The van der Waals surface area contributed by atoms with Crippen LogP contribution >= 0.6 is 0 Å². The van der Waals surface area contributed by atoms with E-state index >= 15 is 0 Å². The number of Topliss-reactive ketones (excluding diaryl/α,β-unsaturated/α-hetero) is 1. The Morgan fingerprint density at radius 1 is 0.941 bits per heavy atom. The van der Waals surface area contributed by atoms with E-state index in [-0.39, 0.29) is 23.7 Å². The van der Waals surface area contributed by atoms with Crippen LogP contribution in [0.5, 0.6) is 5.75 Å². The Bertz CT molecular complexity index is 1170. The largest absolute Gasteiger partial charge is 0.490 e. The summed E-state index contributed by atoms with van der Waals surface area (Å²) in [6, 6.07) is 18.2. The van der Waals surface area contributed by atoms with Gasteiger partial charge in [-0.1, -0.05) is 24.3 Å². The number of rotatable bonds is 9. The van der Waals surface area contributed by atoms with Gasteiger partial charge in [-0.25, -0.2) is 4.98 Å². The predicted octanol–water partition coefficient (Wildman–Crippen LogP) is 4.65. The number of para-hydroxylation sites is 1. The van der Waals surface area contributed by atoms with Crippen LogP contribution in [-0.2, 0) is 4.79 Å². The van der Waals surface area contributed by atoms with Gasteiger partial charge in [0.25, 0.3) is 5.91 Å². The molecular formula is C27H28N2O5. The second-order valence-electron chi connectivity index (χ2n) is 8.63. The van der Waals surface area contributed by atoms with Gasteiger partial charge in [0.15, 0.2) is 5.78 Å². The van der Waals surface area contributed by atoms with Gasteiger partial charge in [-0.2, -0.15) is 0 Å². The van der Waals surface area contributed by atoms with Crippen LogP contribution in [0.4, 0.5) is 0 Å². The first-order chi connectivity index (χ1) is 16.5. The van der Waals surface area contributed by atoms with E-state index in [2.05, 4.69) is 10.3 Å². The minimum absolute atomic E-state index is 0.00611. The average molecular weight is 461 g/mol. The van der Waals surface area contributed by atoms with Crippen LogP contribution in [0.3, 0.4) is 0 Å². The minimum atomic E-state index is -0.730. The highest BCUT2D eigenvalue weighted by Crippen LogP contribution is 2.28. The minimum Gasteiger partial charge on any atom is -0.490 e. The molecule has 0 aliphatic heterocycles. The van der Waals surface area contributed by atoms with Gasteiger partial charge < -0.3 is 15.2 Å². The molecule has 34 heavy (non-hydrogen) atoms. The molecule has 3 aromatic rings. The van der Waals surface area contributed by atoms with Crippen molar-refractivity contribution in [3.63, 3.8) is 0 Å². The van der Waals surface area contributed by atoms with Gasteiger partial charge in [-0.15, -0.1) is 0 Å². The number of hydrogen-bond acceptors (Lipinski definition) is 5. The molecule has 4 rings (SSSR count). The first kappa shape index (κ1) is 23.4. The predicted molar refractivity (Wildman–Crippen MR) is 128 cm³/mol. The summed E-state index contributed by atoms with van der Waals surface area (Å²) in [5, 5.41) is 12.9. The number of benzene rings is 2. The average Bonchev–Trinajstić information content (AvgIpc) is 2.87. The Labute approximate surface area is 198 Å². The fourth-order valence-corrected chi connectivity index (χ4v) is 4.22. The Morgan fingerprint density at radius 3 is 2.41 bits per heavy atom. The summed E-state index contributed by atoms with van der Waals surface area (Å²) in [4.78, 5) is 40.3. The summed E-state index contributed by atoms with van der Waals surface area (Å²) in [5.41, 5.74) is 1.73. The van der Waals surface area contributed by atoms with Gasteiger partial charge in [0.1, 0.15) is 11.4 Å². The summed E-state index contributed by atoms with van der Waals surface area (Å²) >= 11 is 0. The maximum atomic E-state index is 12.5. The number of ketones is 1. The van der Waals surface area contributed by atoms with Gasteiger partial charge in [0.2, 0.25) is 0 Å². The Kier molecular flexibility index (Phi) is 7.52. The fourth-order valence-electron chi connectivity index (χ4n) is 4.22. The van der Waals surface area contributed by atoms with Crippen molar-refractivity contribution in [3.8, 4) is 5.75 Å².